The summed E-state index contributed by atoms with van der Waals surface area (Å²) in [6.45, 7) is 10.3. The van der Waals surface area contributed by atoms with Crippen LogP contribution in [0.25, 0.3) is 0 Å². The van der Waals surface area contributed by atoms with Gasteiger partial charge in [0.25, 0.3) is 0 Å². The number of carbonyl (C=O) groups excluding carboxylic acids is 1. The minimum atomic E-state index is 0.328. The van der Waals surface area contributed by atoms with Gasteiger partial charge in [-0.1, -0.05) is 34.1 Å². The molecule has 0 aliphatic rings. The molecule has 0 aromatic carbocycles. The standard InChI is InChI=1S/C15H32N2O/c1-5-14(6-2)17(12-13(3)4)15(18)10-8-7-9-11-16/h13-14H,5-12,16H2,1-4H3. The minimum absolute atomic E-state index is 0.328. The van der Waals surface area contributed by atoms with E-state index in [0.29, 0.717) is 24.3 Å². The van der Waals surface area contributed by atoms with Gasteiger partial charge < -0.3 is 10.6 Å². The predicted molar refractivity (Wildman–Crippen MR) is 78.4 cm³/mol. The molecular weight excluding hydrogens is 224 g/mol. The second kappa shape index (κ2) is 10.4. The zero-order valence-electron chi connectivity index (χ0n) is 12.7. The summed E-state index contributed by atoms with van der Waals surface area (Å²) in [5, 5.41) is 0. The van der Waals surface area contributed by atoms with Crippen molar-refractivity contribution in [3.63, 3.8) is 0 Å². The van der Waals surface area contributed by atoms with Crippen LogP contribution in [0.2, 0.25) is 0 Å². The molecule has 1 amide bonds. The van der Waals surface area contributed by atoms with Gasteiger partial charge >= 0.3 is 0 Å². The van der Waals surface area contributed by atoms with Crippen molar-refractivity contribution < 1.29 is 4.79 Å². The summed E-state index contributed by atoms with van der Waals surface area (Å²) in [5.41, 5.74) is 5.47. The normalized spacial score (nSPS) is 11.3. The van der Waals surface area contributed by atoms with Crippen molar-refractivity contribution in [1.29, 1.82) is 0 Å². The maximum atomic E-state index is 12.3. The highest BCUT2D eigenvalue weighted by molar-refractivity contribution is 5.76. The molecule has 0 aromatic heterocycles. The maximum Gasteiger partial charge on any atom is 0.222 e. The first-order chi connectivity index (χ1) is 8.56. The van der Waals surface area contributed by atoms with Gasteiger partial charge in [0.15, 0.2) is 0 Å². The molecule has 18 heavy (non-hydrogen) atoms. The van der Waals surface area contributed by atoms with Crippen LogP contribution < -0.4 is 5.73 Å². The van der Waals surface area contributed by atoms with Gasteiger partial charge in [-0.05, 0) is 38.1 Å². The van der Waals surface area contributed by atoms with E-state index in [9.17, 15) is 4.79 Å². The average Bonchev–Trinajstić information content (AvgIpc) is 2.34. The molecule has 0 saturated heterocycles. The Morgan fingerprint density at radius 3 is 2.17 bits per heavy atom. The summed E-state index contributed by atoms with van der Waals surface area (Å²) in [6, 6.07) is 0.411. The zero-order valence-corrected chi connectivity index (χ0v) is 12.7. The molecule has 0 atom stereocenters. The fourth-order valence-corrected chi connectivity index (χ4v) is 2.32. The van der Waals surface area contributed by atoms with Gasteiger partial charge in [0.1, 0.15) is 0 Å². The molecule has 0 spiro atoms. The summed E-state index contributed by atoms with van der Waals surface area (Å²) in [4.78, 5) is 14.4. The summed E-state index contributed by atoms with van der Waals surface area (Å²) in [5.74, 6) is 0.869. The molecule has 108 valence electrons. The lowest BCUT2D eigenvalue weighted by molar-refractivity contribution is -0.134. The molecule has 0 aromatic rings. The second-order valence-corrected chi connectivity index (χ2v) is 5.51. The Kier molecular flexibility index (Phi) is 10.0. The number of nitrogens with zero attached hydrogens (tertiary/aromatic N) is 1. The smallest absolute Gasteiger partial charge is 0.222 e. The van der Waals surface area contributed by atoms with Crippen molar-refractivity contribution in [2.75, 3.05) is 13.1 Å². The number of hydrogen-bond acceptors (Lipinski definition) is 2. The highest BCUT2D eigenvalue weighted by atomic mass is 16.2. The quantitative estimate of drug-likeness (QED) is 0.610. The molecule has 0 bridgehead atoms. The van der Waals surface area contributed by atoms with E-state index in [1.54, 1.807) is 0 Å². The van der Waals surface area contributed by atoms with Gasteiger partial charge in [0, 0.05) is 19.0 Å². The maximum absolute atomic E-state index is 12.3. The number of nitrogens with two attached hydrogens (primary N) is 1. The Labute approximate surface area is 113 Å². The molecule has 3 heteroatoms. The van der Waals surface area contributed by atoms with Gasteiger partial charge in [-0.25, -0.2) is 0 Å². The Balaban J connectivity index is 4.30. The van der Waals surface area contributed by atoms with Crippen molar-refractivity contribution in [3.05, 3.63) is 0 Å². The van der Waals surface area contributed by atoms with E-state index in [-0.39, 0.29) is 0 Å². The summed E-state index contributed by atoms with van der Waals surface area (Å²) in [7, 11) is 0. The van der Waals surface area contributed by atoms with E-state index in [4.69, 9.17) is 5.73 Å². The van der Waals surface area contributed by atoms with Crippen LogP contribution in [0.1, 0.15) is 66.2 Å². The number of amides is 1. The van der Waals surface area contributed by atoms with E-state index in [1.807, 2.05) is 0 Å². The van der Waals surface area contributed by atoms with E-state index in [2.05, 4.69) is 32.6 Å². The monoisotopic (exact) mass is 256 g/mol. The van der Waals surface area contributed by atoms with Crippen LogP contribution >= 0.6 is 0 Å². The van der Waals surface area contributed by atoms with Crippen molar-refractivity contribution in [3.8, 4) is 0 Å². The van der Waals surface area contributed by atoms with Crippen LogP contribution in [0, 0.1) is 5.92 Å². The van der Waals surface area contributed by atoms with Crippen molar-refractivity contribution in [2.45, 2.75) is 72.3 Å². The molecule has 2 N–H and O–H groups in total. The summed E-state index contributed by atoms with van der Waals surface area (Å²) < 4.78 is 0. The fourth-order valence-electron chi connectivity index (χ4n) is 2.32. The van der Waals surface area contributed by atoms with E-state index in [0.717, 1.165) is 45.2 Å². The third-order valence-electron chi connectivity index (χ3n) is 3.36. The highest BCUT2D eigenvalue weighted by Gasteiger charge is 2.21. The molecule has 0 unspecified atom stereocenters. The zero-order chi connectivity index (χ0) is 14.0. The molecular formula is C15H32N2O. The first-order valence-electron chi connectivity index (χ1n) is 7.56. The van der Waals surface area contributed by atoms with Crippen molar-refractivity contribution >= 4 is 5.91 Å². The fraction of sp³-hybridized carbons (Fsp3) is 0.933. The van der Waals surface area contributed by atoms with Gasteiger partial charge in [-0.2, -0.15) is 0 Å². The van der Waals surface area contributed by atoms with E-state index in [1.165, 1.54) is 0 Å². The predicted octanol–water partition coefficient (Wildman–Crippen LogP) is 3.18. The van der Waals surface area contributed by atoms with E-state index < -0.39 is 0 Å². The lowest BCUT2D eigenvalue weighted by Crippen LogP contribution is -2.41. The third kappa shape index (κ3) is 7.00. The number of rotatable bonds is 10. The molecule has 3 nitrogen and oxygen atoms in total. The van der Waals surface area contributed by atoms with Crippen LogP contribution in [0.5, 0.6) is 0 Å². The van der Waals surface area contributed by atoms with Crippen LogP contribution in [0.15, 0.2) is 0 Å². The highest BCUT2D eigenvalue weighted by Crippen LogP contribution is 2.14. The van der Waals surface area contributed by atoms with Crippen LogP contribution in [-0.4, -0.2) is 29.9 Å². The molecule has 0 aliphatic heterocycles. The Hall–Kier alpha value is -0.570. The third-order valence-corrected chi connectivity index (χ3v) is 3.36. The lowest BCUT2D eigenvalue weighted by atomic mass is 10.1. The molecule has 0 aliphatic carbocycles. The van der Waals surface area contributed by atoms with Crippen molar-refractivity contribution in [2.24, 2.45) is 11.7 Å². The molecule has 0 saturated carbocycles. The molecule has 0 rings (SSSR count). The van der Waals surface area contributed by atoms with Crippen LogP contribution in [0.3, 0.4) is 0 Å². The Bertz CT molecular complexity index is 213. The largest absolute Gasteiger partial charge is 0.339 e. The number of hydrogen-bond donors (Lipinski definition) is 1. The molecule has 0 heterocycles. The van der Waals surface area contributed by atoms with E-state index >= 15 is 0 Å². The van der Waals surface area contributed by atoms with Crippen molar-refractivity contribution in [1.82, 2.24) is 4.90 Å². The SMILES string of the molecule is CCC(CC)N(CC(C)C)C(=O)CCCCCN. The second-order valence-electron chi connectivity index (χ2n) is 5.51. The van der Waals surface area contributed by atoms with Gasteiger partial charge in [-0.15, -0.1) is 0 Å². The Morgan fingerprint density at radius 1 is 1.11 bits per heavy atom. The molecule has 0 fully saturated rings. The first-order valence-corrected chi connectivity index (χ1v) is 7.56. The molecule has 0 radical (unpaired) electrons. The lowest BCUT2D eigenvalue weighted by Gasteiger charge is -2.32. The average molecular weight is 256 g/mol. The van der Waals surface area contributed by atoms with Gasteiger partial charge in [0.05, 0.1) is 0 Å². The van der Waals surface area contributed by atoms with Crippen LogP contribution in [0.4, 0.5) is 0 Å². The summed E-state index contributed by atoms with van der Waals surface area (Å²) in [6.07, 6.45) is 5.87. The number of carbonyl (C=O) groups is 1. The van der Waals surface area contributed by atoms with Gasteiger partial charge in [-0.3, -0.25) is 4.79 Å². The first kappa shape index (κ1) is 17.4. The summed E-state index contributed by atoms with van der Waals surface area (Å²) >= 11 is 0. The van der Waals surface area contributed by atoms with Gasteiger partial charge in [0.2, 0.25) is 5.91 Å². The minimum Gasteiger partial charge on any atom is -0.339 e. The van der Waals surface area contributed by atoms with Crippen LogP contribution in [-0.2, 0) is 4.79 Å². The number of unbranched alkanes of at least 4 members (excludes halogenated alkanes) is 2. The Morgan fingerprint density at radius 2 is 1.72 bits per heavy atom. The topological polar surface area (TPSA) is 46.3 Å².